The monoisotopic (exact) mass is 623 g/mol. The summed E-state index contributed by atoms with van der Waals surface area (Å²) in [6.07, 6.45) is 0. The quantitative estimate of drug-likeness (QED) is 0.167. The summed E-state index contributed by atoms with van der Waals surface area (Å²) >= 11 is 0. The Morgan fingerprint density at radius 3 is 1.57 bits per heavy atom. The van der Waals surface area contributed by atoms with Crippen LogP contribution in [0.5, 0.6) is 0 Å². The molecule has 9 aromatic carbocycles. The van der Waals surface area contributed by atoms with Crippen molar-refractivity contribution in [1.82, 2.24) is 0 Å². The van der Waals surface area contributed by atoms with E-state index in [4.69, 9.17) is 0 Å². The number of hydrogen-bond acceptors (Lipinski definition) is 1. The first kappa shape index (κ1) is 28.8. The molecule has 1 heteroatoms. The molecule has 0 saturated heterocycles. The van der Waals surface area contributed by atoms with Crippen LogP contribution in [0.4, 0.5) is 17.1 Å². The number of para-hydroxylation sites is 1. The van der Waals surface area contributed by atoms with Crippen LogP contribution in [-0.4, -0.2) is 0 Å². The van der Waals surface area contributed by atoms with Gasteiger partial charge in [0.1, 0.15) is 0 Å². The number of benzene rings is 9. The second-order valence-corrected chi connectivity index (χ2v) is 12.5. The van der Waals surface area contributed by atoms with E-state index in [9.17, 15) is 0 Å². The van der Waals surface area contributed by atoms with E-state index in [-0.39, 0.29) is 0 Å². The van der Waals surface area contributed by atoms with Crippen molar-refractivity contribution >= 4 is 49.4 Å². The molecule has 0 aliphatic carbocycles. The molecule has 0 aliphatic rings. The van der Waals surface area contributed by atoms with Crippen LogP contribution < -0.4 is 4.90 Å². The van der Waals surface area contributed by atoms with Gasteiger partial charge in [-0.3, -0.25) is 0 Å². The Labute approximate surface area is 287 Å². The molecule has 0 aliphatic heterocycles. The summed E-state index contributed by atoms with van der Waals surface area (Å²) in [6.45, 7) is 0. The summed E-state index contributed by atoms with van der Waals surface area (Å²) in [5.41, 5.74) is 10.6. The summed E-state index contributed by atoms with van der Waals surface area (Å²) in [7, 11) is 0. The largest absolute Gasteiger partial charge is 0.309 e. The Kier molecular flexibility index (Phi) is 7.22. The van der Waals surface area contributed by atoms with Gasteiger partial charge in [0.2, 0.25) is 0 Å². The van der Waals surface area contributed by atoms with E-state index in [1.165, 1.54) is 65.7 Å². The molecule has 0 bridgehead atoms. The second kappa shape index (κ2) is 12.3. The summed E-state index contributed by atoms with van der Waals surface area (Å²) in [5.74, 6) is 0. The van der Waals surface area contributed by atoms with E-state index in [0.717, 1.165) is 17.1 Å². The maximum atomic E-state index is 2.46. The minimum Gasteiger partial charge on any atom is -0.309 e. The molecular formula is C48H33N. The van der Waals surface area contributed by atoms with Gasteiger partial charge >= 0.3 is 0 Å². The van der Waals surface area contributed by atoms with Crippen LogP contribution >= 0.6 is 0 Å². The average Bonchev–Trinajstić information content (AvgIpc) is 3.19. The molecule has 0 aromatic heterocycles. The highest BCUT2D eigenvalue weighted by atomic mass is 15.1. The zero-order valence-corrected chi connectivity index (χ0v) is 27.0. The molecule has 0 atom stereocenters. The molecule has 0 fully saturated rings. The van der Waals surface area contributed by atoms with E-state index >= 15 is 0 Å². The Hall–Kier alpha value is -6.44. The van der Waals surface area contributed by atoms with Gasteiger partial charge in [0.15, 0.2) is 0 Å². The highest BCUT2D eigenvalue weighted by molar-refractivity contribution is 6.16. The number of fused-ring (bicyclic) bond motifs is 4. The third-order valence-corrected chi connectivity index (χ3v) is 9.64. The number of nitrogens with zero attached hydrogens (tertiary/aromatic N) is 1. The van der Waals surface area contributed by atoms with Crippen molar-refractivity contribution in [3.8, 4) is 33.4 Å². The van der Waals surface area contributed by atoms with Gasteiger partial charge in [-0.2, -0.15) is 0 Å². The lowest BCUT2D eigenvalue weighted by molar-refractivity contribution is 1.30. The van der Waals surface area contributed by atoms with E-state index < -0.39 is 0 Å². The van der Waals surface area contributed by atoms with Crippen molar-refractivity contribution in [3.05, 3.63) is 200 Å². The molecule has 0 amide bonds. The number of hydrogen-bond donors (Lipinski definition) is 0. The lowest BCUT2D eigenvalue weighted by Crippen LogP contribution is -2.12. The molecule has 0 unspecified atom stereocenters. The van der Waals surface area contributed by atoms with Crippen LogP contribution in [-0.2, 0) is 0 Å². The van der Waals surface area contributed by atoms with E-state index in [0.29, 0.717) is 0 Å². The minimum atomic E-state index is 1.11. The van der Waals surface area contributed by atoms with Crippen LogP contribution in [0.25, 0.3) is 65.7 Å². The van der Waals surface area contributed by atoms with Crippen LogP contribution in [0.15, 0.2) is 200 Å². The van der Waals surface area contributed by atoms with Crippen LogP contribution in [0, 0.1) is 0 Å². The van der Waals surface area contributed by atoms with Gasteiger partial charge in [-0.1, -0.05) is 176 Å². The maximum absolute atomic E-state index is 2.46. The first-order chi connectivity index (χ1) is 24.3. The molecule has 9 rings (SSSR count). The average molecular weight is 624 g/mol. The van der Waals surface area contributed by atoms with E-state index in [1.54, 1.807) is 0 Å². The first-order valence-corrected chi connectivity index (χ1v) is 16.9. The number of anilines is 3. The van der Waals surface area contributed by atoms with Crippen molar-refractivity contribution in [2.45, 2.75) is 0 Å². The molecule has 0 N–H and O–H groups in total. The zero-order valence-electron chi connectivity index (χ0n) is 27.0. The van der Waals surface area contributed by atoms with Gasteiger partial charge in [-0.05, 0) is 79.0 Å². The third-order valence-electron chi connectivity index (χ3n) is 9.64. The van der Waals surface area contributed by atoms with Crippen molar-refractivity contribution in [2.75, 3.05) is 4.90 Å². The Balaban J connectivity index is 1.33. The van der Waals surface area contributed by atoms with Crippen LogP contribution in [0.3, 0.4) is 0 Å². The molecule has 9 aromatic rings. The summed E-state index contributed by atoms with van der Waals surface area (Å²) in [6, 6.07) is 72.5. The molecule has 0 radical (unpaired) electrons. The number of rotatable bonds is 6. The SMILES string of the molecule is c1ccc(-c2ccc(N(c3ccccc3-c3cccc4cccc(-c5ccccc5)c34)c3cc4ccccc4c4ccccc34)cc2)cc1. The van der Waals surface area contributed by atoms with Crippen molar-refractivity contribution in [1.29, 1.82) is 0 Å². The van der Waals surface area contributed by atoms with E-state index in [1.807, 2.05) is 0 Å². The lowest BCUT2D eigenvalue weighted by atomic mass is 9.90. The van der Waals surface area contributed by atoms with Gasteiger partial charge < -0.3 is 4.90 Å². The fraction of sp³-hybridized carbons (Fsp3) is 0. The first-order valence-electron chi connectivity index (χ1n) is 16.9. The molecule has 0 saturated carbocycles. The smallest absolute Gasteiger partial charge is 0.0546 e. The standard InChI is InChI=1S/C48H33N/c1-3-15-34(16-4-1)35-29-31-39(32-30-35)49(47-33-38-19-7-8-22-40(38)42-23-9-10-24-43(42)47)46-28-12-11-25-44(46)45-27-14-21-37-20-13-26-41(48(37)45)36-17-5-2-6-18-36/h1-33H. The molecule has 49 heavy (non-hydrogen) atoms. The van der Waals surface area contributed by atoms with Gasteiger partial charge in [-0.25, -0.2) is 0 Å². The molecule has 1 nitrogen and oxygen atoms in total. The third kappa shape index (κ3) is 5.13. The summed E-state index contributed by atoms with van der Waals surface area (Å²) < 4.78 is 0. The highest BCUT2D eigenvalue weighted by Gasteiger charge is 2.22. The van der Waals surface area contributed by atoms with Crippen molar-refractivity contribution < 1.29 is 0 Å². The Morgan fingerprint density at radius 1 is 0.286 bits per heavy atom. The zero-order chi connectivity index (χ0) is 32.6. The Bertz CT molecular complexity index is 2580. The summed E-state index contributed by atoms with van der Waals surface area (Å²) in [5, 5.41) is 7.42. The van der Waals surface area contributed by atoms with Crippen LogP contribution in [0.2, 0.25) is 0 Å². The topological polar surface area (TPSA) is 3.24 Å². The molecule has 0 heterocycles. The molecular weight excluding hydrogens is 591 g/mol. The highest BCUT2D eigenvalue weighted by Crippen LogP contribution is 2.47. The molecule has 230 valence electrons. The lowest BCUT2D eigenvalue weighted by Gasteiger charge is -2.30. The van der Waals surface area contributed by atoms with Crippen molar-refractivity contribution in [2.24, 2.45) is 0 Å². The second-order valence-electron chi connectivity index (χ2n) is 12.5. The fourth-order valence-corrected chi connectivity index (χ4v) is 7.38. The van der Waals surface area contributed by atoms with E-state index in [2.05, 4.69) is 205 Å². The fourth-order valence-electron chi connectivity index (χ4n) is 7.38. The normalized spacial score (nSPS) is 11.3. The molecule has 0 spiro atoms. The van der Waals surface area contributed by atoms with Gasteiger partial charge in [0, 0.05) is 16.6 Å². The van der Waals surface area contributed by atoms with Crippen LogP contribution in [0.1, 0.15) is 0 Å². The van der Waals surface area contributed by atoms with Gasteiger partial charge in [-0.15, -0.1) is 0 Å². The predicted molar refractivity (Wildman–Crippen MR) is 210 cm³/mol. The maximum Gasteiger partial charge on any atom is 0.0546 e. The summed E-state index contributed by atoms with van der Waals surface area (Å²) in [4.78, 5) is 2.46. The van der Waals surface area contributed by atoms with Gasteiger partial charge in [0.25, 0.3) is 0 Å². The Morgan fingerprint density at radius 2 is 0.816 bits per heavy atom. The van der Waals surface area contributed by atoms with Crippen molar-refractivity contribution in [3.63, 3.8) is 0 Å². The van der Waals surface area contributed by atoms with Gasteiger partial charge in [0.05, 0.1) is 11.4 Å². The minimum absolute atomic E-state index is 1.11. The predicted octanol–water partition coefficient (Wildman–Crippen LogP) is 13.6.